The first-order valence-corrected chi connectivity index (χ1v) is 8.01. The molecule has 21 heavy (non-hydrogen) atoms. The first-order chi connectivity index (χ1) is 10.0. The summed E-state index contributed by atoms with van der Waals surface area (Å²) in [5.74, 6) is 0.773. The van der Waals surface area contributed by atoms with Crippen LogP contribution in [0.15, 0.2) is 52.0 Å². The van der Waals surface area contributed by atoms with Gasteiger partial charge in [-0.3, -0.25) is 0 Å². The standard InChI is InChI=1S/C13H15N3O3S2/c1-14-21(17,18)12-6-4-10(5-7-12)16-13(20)15-9-11-3-2-8-19-11/h2-8,14H,9H2,1H3,(H2,15,16,20). The summed E-state index contributed by atoms with van der Waals surface area (Å²) in [5.41, 5.74) is 0.696. The van der Waals surface area contributed by atoms with Crippen molar-refractivity contribution >= 4 is 33.0 Å². The first-order valence-electron chi connectivity index (χ1n) is 6.12. The average molecular weight is 325 g/mol. The number of hydrogen-bond donors (Lipinski definition) is 3. The van der Waals surface area contributed by atoms with Gasteiger partial charge in [-0.2, -0.15) is 0 Å². The number of sulfonamides is 1. The molecule has 0 aliphatic rings. The molecular weight excluding hydrogens is 310 g/mol. The quantitative estimate of drug-likeness (QED) is 0.726. The van der Waals surface area contributed by atoms with Crippen molar-refractivity contribution in [1.29, 1.82) is 0 Å². The fraction of sp³-hybridized carbons (Fsp3) is 0.154. The summed E-state index contributed by atoms with van der Waals surface area (Å²) in [6.45, 7) is 0.477. The van der Waals surface area contributed by atoms with Gasteiger partial charge in [0.15, 0.2) is 5.11 Å². The van der Waals surface area contributed by atoms with Crippen LogP contribution in [0.5, 0.6) is 0 Å². The molecule has 0 spiro atoms. The Hall–Kier alpha value is -1.90. The number of anilines is 1. The number of rotatable bonds is 5. The van der Waals surface area contributed by atoms with Gasteiger partial charge >= 0.3 is 0 Å². The lowest BCUT2D eigenvalue weighted by Crippen LogP contribution is -2.27. The zero-order valence-electron chi connectivity index (χ0n) is 11.3. The first kappa shape index (κ1) is 15.5. The van der Waals surface area contributed by atoms with Gasteiger partial charge in [0, 0.05) is 5.69 Å². The van der Waals surface area contributed by atoms with E-state index in [9.17, 15) is 8.42 Å². The molecule has 2 rings (SSSR count). The van der Waals surface area contributed by atoms with Gasteiger partial charge in [-0.25, -0.2) is 13.1 Å². The minimum absolute atomic E-state index is 0.199. The maximum absolute atomic E-state index is 11.6. The minimum Gasteiger partial charge on any atom is -0.467 e. The van der Waals surface area contributed by atoms with Gasteiger partial charge < -0.3 is 15.1 Å². The van der Waals surface area contributed by atoms with Gasteiger partial charge in [0.25, 0.3) is 0 Å². The maximum atomic E-state index is 11.6. The summed E-state index contributed by atoms with van der Waals surface area (Å²) in [5, 5.41) is 6.38. The number of furan rings is 1. The lowest BCUT2D eigenvalue weighted by Gasteiger charge is -2.10. The molecule has 1 aromatic heterocycles. The highest BCUT2D eigenvalue weighted by molar-refractivity contribution is 7.89. The fourth-order valence-corrected chi connectivity index (χ4v) is 2.51. The summed E-state index contributed by atoms with van der Waals surface area (Å²) >= 11 is 5.14. The highest BCUT2D eigenvalue weighted by Crippen LogP contribution is 2.13. The van der Waals surface area contributed by atoms with Crippen molar-refractivity contribution < 1.29 is 12.8 Å². The lowest BCUT2D eigenvalue weighted by molar-refractivity contribution is 0.503. The second kappa shape index (κ2) is 6.70. The summed E-state index contributed by atoms with van der Waals surface area (Å²) in [4.78, 5) is 0.199. The SMILES string of the molecule is CNS(=O)(=O)c1ccc(NC(=S)NCc2ccco2)cc1. The molecule has 1 heterocycles. The van der Waals surface area contributed by atoms with Crippen LogP contribution < -0.4 is 15.4 Å². The largest absolute Gasteiger partial charge is 0.467 e. The van der Waals surface area contributed by atoms with Crippen LogP contribution in [0.1, 0.15) is 5.76 Å². The molecule has 1 aromatic carbocycles. The van der Waals surface area contributed by atoms with E-state index in [1.54, 1.807) is 24.5 Å². The second-order valence-electron chi connectivity index (χ2n) is 4.12. The van der Waals surface area contributed by atoms with E-state index in [1.165, 1.54) is 19.2 Å². The molecule has 0 amide bonds. The Bertz CT molecular complexity index is 695. The van der Waals surface area contributed by atoms with E-state index in [4.69, 9.17) is 16.6 Å². The molecule has 0 aliphatic heterocycles. The molecule has 8 heteroatoms. The molecule has 112 valence electrons. The third-order valence-corrected chi connectivity index (χ3v) is 4.37. The monoisotopic (exact) mass is 325 g/mol. The molecule has 0 fully saturated rings. The van der Waals surface area contributed by atoms with Gasteiger partial charge in [0.1, 0.15) is 5.76 Å². The number of benzene rings is 1. The highest BCUT2D eigenvalue weighted by Gasteiger charge is 2.10. The molecule has 6 nitrogen and oxygen atoms in total. The maximum Gasteiger partial charge on any atom is 0.240 e. The minimum atomic E-state index is -3.42. The van der Waals surface area contributed by atoms with E-state index in [2.05, 4.69) is 15.4 Å². The van der Waals surface area contributed by atoms with Crippen LogP contribution in [-0.4, -0.2) is 20.6 Å². The van der Waals surface area contributed by atoms with Crippen LogP contribution in [0, 0.1) is 0 Å². The predicted octanol–water partition coefficient (Wildman–Crippen LogP) is 1.67. The third-order valence-electron chi connectivity index (χ3n) is 2.69. The summed E-state index contributed by atoms with van der Waals surface area (Å²) in [6, 6.07) is 9.93. The molecule has 0 atom stereocenters. The van der Waals surface area contributed by atoms with E-state index in [1.807, 2.05) is 6.07 Å². The van der Waals surface area contributed by atoms with Gasteiger partial charge in [-0.15, -0.1) is 0 Å². The van der Waals surface area contributed by atoms with E-state index in [-0.39, 0.29) is 4.90 Å². The van der Waals surface area contributed by atoms with E-state index < -0.39 is 10.0 Å². The Labute approximate surface area is 128 Å². The topological polar surface area (TPSA) is 83.4 Å². The third kappa shape index (κ3) is 4.28. The summed E-state index contributed by atoms with van der Waals surface area (Å²) < 4.78 is 30.6. The van der Waals surface area contributed by atoms with Crippen molar-refractivity contribution in [2.75, 3.05) is 12.4 Å². The van der Waals surface area contributed by atoms with Crippen LogP contribution in [0.3, 0.4) is 0 Å². The van der Waals surface area contributed by atoms with Crippen molar-refractivity contribution in [2.45, 2.75) is 11.4 Å². The molecule has 0 bridgehead atoms. The fourth-order valence-electron chi connectivity index (χ4n) is 1.59. The molecule has 0 unspecified atom stereocenters. The van der Waals surface area contributed by atoms with Crippen molar-refractivity contribution in [2.24, 2.45) is 0 Å². The van der Waals surface area contributed by atoms with Gasteiger partial charge in [-0.05, 0) is 55.7 Å². The molecule has 0 saturated heterocycles. The molecule has 0 aliphatic carbocycles. The van der Waals surface area contributed by atoms with Crippen LogP contribution in [0.2, 0.25) is 0 Å². The Morgan fingerprint density at radius 2 is 1.95 bits per heavy atom. The normalized spacial score (nSPS) is 11.1. The van der Waals surface area contributed by atoms with Crippen LogP contribution >= 0.6 is 12.2 Å². The molecule has 0 radical (unpaired) electrons. The summed E-state index contributed by atoms with van der Waals surface area (Å²) in [6.07, 6.45) is 1.59. The number of nitrogens with one attached hydrogen (secondary N) is 3. The summed E-state index contributed by atoms with van der Waals surface area (Å²) in [7, 11) is -2.05. The molecule has 0 saturated carbocycles. The molecular formula is C13H15N3O3S2. The van der Waals surface area contributed by atoms with E-state index >= 15 is 0 Å². The van der Waals surface area contributed by atoms with Gasteiger partial charge in [-0.1, -0.05) is 0 Å². The predicted molar refractivity (Wildman–Crippen MR) is 84.5 cm³/mol. The van der Waals surface area contributed by atoms with Crippen LogP contribution in [0.25, 0.3) is 0 Å². The number of thiocarbonyl (C=S) groups is 1. The van der Waals surface area contributed by atoms with E-state index in [0.29, 0.717) is 17.3 Å². The van der Waals surface area contributed by atoms with Crippen molar-refractivity contribution in [3.63, 3.8) is 0 Å². The Balaban J connectivity index is 1.92. The Morgan fingerprint density at radius 3 is 2.52 bits per heavy atom. The zero-order chi connectivity index (χ0) is 15.3. The average Bonchev–Trinajstić information content (AvgIpc) is 2.99. The lowest BCUT2D eigenvalue weighted by atomic mass is 10.3. The Morgan fingerprint density at radius 1 is 1.24 bits per heavy atom. The van der Waals surface area contributed by atoms with Gasteiger partial charge in [0.2, 0.25) is 10.0 Å². The zero-order valence-corrected chi connectivity index (χ0v) is 12.9. The molecule has 2 aromatic rings. The van der Waals surface area contributed by atoms with Gasteiger partial charge in [0.05, 0.1) is 17.7 Å². The van der Waals surface area contributed by atoms with Crippen molar-refractivity contribution in [3.8, 4) is 0 Å². The van der Waals surface area contributed by atoms with Crippen molar-refractivity contribution in [3.05, 3.63) is 48.4 Å². The smallest absolute Gasteiger partial charge is 0.240 e. The van der Waals surface area contributed by atoms with E-state index in [0.717, 1.165) is 5.76 Å². The second-order valence-corrected chi connectivity index (χ2v) is 6.41. The van der Waals surface area contributed by atoms with Crippen LogP contribution in [0.4, 0.5) is 5.69 Å². The van der Waals surface area contributed by atoms with Crippen molar-refractivity contribution in [1.82, 2.24) is 10.0 Å². The number of hydrogen-bond acceptors (Lipinski definition) is 4. The highest BCUT2D eigenvalue weighted by atomic mass is 32.2. The Kier molecular flexibility index (Phi) is 4.94. The molecule has 3 N–H and O–H groups in total. The van der Waals surface area contributed by atoms with Crippen LogP contribution in [-0.2, 0) is 16.6 Å².